The number of aryl methyl sites for hydroxylation is 1. The van der Waals surface area contributed by atoms with Crippen LogP contribution in [0.2, 0.25) is 0 Å². The van der Waals surface area contributed by atoms with Crippen molar-refractivity contribution in [2.45, 2.75) is 13.3 Å². The van der Waals surface area contributed by atoms with Crippen molar-refractivity contribution in [3.8, 4) is 11.6 Å². The molecule has 1 aromatic heterocycles. The third-order valence-corrected chi connectivity index (χ3v) is 3.49. The van der Waals surface area contributed by atoms with Gasteiger partial charge in [-0.25, -0.2) is 9.97 Å². The number of fused-ring (bicyclic) bond motifs is 1. The molecular weight excluding hydrogens is 276 g/mol. The van der Waals surface area contributed by atoms with Crippen molar-refractivity contribution in [1.82, 2.24) is 9.97 Å². The lowest BCUT2D eigenvalue weighted by atomic mass is 10.1. The molecule has 0 bridgehead atoms. The van der Waals surface area contributed by atoms with Crippen LogP contribution in [0.3, 0.4) is 0 Å². The zero-order chi connectivity index (χ0) is 15.4. The summed E-state index contributed by atoms with van der Waals surface area (Å²) in [4.78, 5) is 8.53. The second-order valence-electron chi connectivity index (χ2n) is 5.19. The van der Waals surface area contributed by atoms with Crippen LogP contribution in [0.4, 0.5) is 0 Å². The van der Waals surface area contributed by atoms with E-state index in [-0.39, 0.29) is 0 Å². The van der Waals surface area contributed by atoms with Gasteiger partial charge in [-0.05, 0) is 43.2 Å². The molecule has 0 aliphatic heterocycles. The van der Waals surface area contributed by atoms with Crippen LogP contribution in [0.1, 0.15) is 11.1 Å². The van der Waals surface area contributed by atoms with Gasteiger partial charge >= 0.3 is 0 Å². The average Bonchev–Trinajstić information content (AvgIpc) is 2.55. The molecule has 0 aliphatic rings. The summed E-state index contributed by atoms with van der Waals surface area (Å²) < 4.78 is 11.0. The van der Waals surface area contributed by atoms with Gasteiger partial charge in [-0.15, -0.1) is 0 Å². The van der Waals surface area contributed by atoms with Crippen LogP contribution in [0.25, 0.3) is 10.9 Å². The molecule has 1 heterocycles. The van der Waals surface area contributed by atoms with E-state index in [0.29, 0.717) is 5.88 Å². The predicted molar refractivity (Wildman–Crippen MR) is 86.4 cm³/mol. The number of hydrogen-bond acceptors (Lipinski definition) is 4. The van der Waals surface area contributed by atoms with Gasteiger partial charge in [0.25, 0.3) is 0 Å². The summed E-state index contributed by atoms with van der Waals surface area (Å²) in [6.07, 6.45) is 2.42. The Hall–Kier alpha value is -2.46. The molecule has 0 saturated carbocycles. The molecule has 3 aromatic rings. The number of aromatic nitrogens is 2. The van der Waals surface area contributed by atoms with E-state index in [4.69, 9.17) is 9.47 Å². The molecule has 0 atom stereocenters. The van der Waals surface area contributed by atoms with Crippen LogP contribution in [-0.4, -0.2) is 23.7 Å². The van der Waals surface area contributed by atoms with E-state index in [0.717, 1.165) is 35.2 Å². The fourth-order valence-corrected chi connectivity index (χ4v) is 2.28. The number of ether oxygens (including phenoxy) is 2. The Morgan fingerprint density at radius 2 is 1.82 bits per heavy atom. The van der Waals surface area contributed by atoms with Crippen molar-refractivity contribution in [2.75, 3.05) is 13.7 Å². The Bertz CT molecular complexity index is 770. The number of hydrogen-bond donors (Lipinski definition) is 0. The SMILES string of the molecule is COCCc1ccc(Oc2ncnc3ccc(C)cc23)cc1. The van der Waals surface area contributed by atoms with E-state index >= 15 is 0 Å². The summed E-state index contributed by atoms with van der Waals surface area (Å²) in [5.41, 5.74) is 3.26. The van der Waals surface area contributed by atoms with E-state index in [1.165, 1.54) is 11.9 Å². The molecule has 0 amide bonds. The highest BCUT2D eigenvalue weighted by Gasteiger charge is 2.06. The fraction of sp³-hybridized carbons (Fsp3) is 0.222. The van der Waals surface area contributed by atoms with Gasteiger partial charge in [0.15, 0.2) is 0 Å². The first kappa shape index (κ1) is 14.5. The van der Waals surface area contributed by atoms with Crippen LogP contribution in [-0.2, 0) is 11.2 Å². The normalized spacial score (nSPS) is 10.8. The third-order valence-electron chi connectivity index (χ3n) is 3.49. The summed E-state index contributed by atoms with van der Waals surface area (Å²) in [7, 11) is 1.71. The van der Waals surface area contributed by atoms with Crippen LogP contribution < -0.4 is 4.74 Å². The van der Waals surface area contributed by atoms with Gasteiger partial charge in [-0.3, -0.25) is 0 Å². The third kappa shape index (κ3) is 3.23. The highest BCUT2D eigenvalue weighted by molar-refractivity contribution is 5.84. The molecule has 0 saturated heterocycles. The average molecular weight is 294 g/mol. The molecule has 2 aromatic carbocycles. The topological polar surface area (TPSA) is 44.2 Å². The van der Waals surface area contributed by atoms with Gasteiger partial charge in [0.2, 0.25) is 5.88 Å². The smallest absolute Gasteiger partial charge is 0.230 e. The summed E-state index contributed by atoms with van der Waals surface area (Å²) in [6, 6.07) is 14.0. The summed E-state index contributed by atoms with van der Waals surface area (Å²) in [5, 5.41) is 0.922. The minimum absolute atomic E-state index is 0.582. The predicted octanol–water partition coefficient (Wildman–Crippen LogP) is 3.92. The number of methoxy groups -OCH3 is 1. The summed E-state index contributed by atoms with van der Waals surface area (Å²) in [6.45, 7) is 2.76. The Labute approximate surface area is 129 Å². The molecule has 112 valence electrons. The highest BCUT2D eigenvalue weighted by Crippen LogP contribution is 2.27. The summed E-state index contributed by atoms with van der Waals surface area (Å²) >= 11 is 0. The van der Waals surface area contributed by atoms with Gasteiger partial charge in [0.1, 0.15) is 12.1 Å². The first-order chi connectivity index (χ1) is 10.8. The molecular formula is C18H18N2O2. The maximum Gasteiger partial charge on any atom is 0.230 e. The van der Waals surface area contributed by atoms with Crippen molar-refractivity contribution in [2.24, 2.45) is 0 Å². The van der Waals surface area contributed by atoms with Crippen molar-refractivity contribution < 1.29 is 9.47 Å². The molecule has 0 fully saturated rings. The van der Waals surface area contributed by atoms with Crippen LogP contribution in [0, 0.1) is 6.92 Å². The van der Waals surface area contributed by atoms with Crippen molar-refractivity contribution in [1.29, 1.82) is 0 Å². The molecule has 0 unspecified atom stereocenters. The lowest BCUT2D eigenvalue weighted by molar-refractivity contribution is 0.202. The first-order valence-corrected chi connectivity index (χ1v) is 7.23. The Kier molecular flexibility index (Phi) is 4.30. The molecule has 0 spiro atoms. The monoisotopic (exact) mass is 294 g/mol. The Balaban J connectivity index is 1.85. The molecule has 0 aliphatic carbocycles. The molecule has 22 heavy (non-hydrogen) atoms. The van der Waals surface area contributed by atoms with Crippen molar-refractivity contribution in [3.05, 3.63) is 59.9 Å². The zero-order valence-corrected chi connectivity index (χ0v) is 12.7. The number of benzene rings is 2. The van der Waals surface area contributed by atoms with Gasteiger partial charge < -0.3 is 9.47 Å². The van der Waals surface area contributed by atoms with Crippen LogP contribution in [0.5, 0.6) is 11.6 Å². The van der Waals surface area contributed by atoms with Gasteiger partial charge in [-0.1, -0.05) is 23.8 Å². The minimum Gasteiger partial charge on any atom is -0.438 e. The second kappa shape index (κ2) is 6.54. The molecule has 3 rings (SSSR count). The van der Waals surface area contributed by atoms with E-state index < -0.39 is 0 Å². The van der Waals surface area contributed by atoms with Crippen LogP contribution >= 0.6 is 0 Å². The lowest BCUT2D eigenvalue weighted by Crippen LogP contribution is -1.95. The Morgan fingerprint density at radius 3 is 2.59 bits per heavy atom. The maximum absolute atomic E-state index is 5.92. The van der Waals surface area contributed by atoms with Crippen molar-refractivity contribution >= 4 is 10.9 Å². The molecule has 4 nitrogen and oxygen atoms in total. The van der Waals surface area contributed by atoms with Crippen LogP contribution in [0.15, 0.2) is 48.8 Å². The highest BCUT2D eigenvalue weighted by atomic mass is 16.5. The number of nitrogens with zero attached hydrogens (tertiary/aromatic N) is 2. The number of rotatable bonds is 5. The molecule has 4 heteroatoms. The zero-order valence-electron chi connectivity index (χ0n) is 12.7. The van der Waals surface area contributed by atoms with Gasteiger partial charge in [0, 0.05) is 7.11 Å². The maximum atomic E-state index is 5.92. The quantitative estimate of drug-likeness (QED) is 0.715. The Morgan fingerprint density at radius 1 is 1.00 bits per heavy atom. The second-order valence-corrected chi connectivity index (χ2v) is 5.19. The standard InChI is InChI=1S/C18H18N2O2/c1-13-3-8-17-16(11-13)18(20-12-19-17)22-15-6-4-14(5-7-15)9-10-21-2/h3-8,11-12H,9-10H2,1-2H3. The molecule has 0 radical (unpaired) electrons. The lowest BCUT2D eigenvalue weighted by Gasteiger charge is -2.08. The summed E-state index contributed by atoms with van der Waals surface area (Å²) in [5.74, 6) is 1.35. The van der Waals surface area contributed by atoms with Gasteiger partial charge in [0.05, 0.1) is 17.5 Å². The minimum atomic E-state index is 0.582. The van der Waals surface area contributed by atoms with E-state index in [1.807, 2.05) is 49.4 Å². The fourth-order valence-electron chi connectivity index (χ4n) is 2.28. The van der Waals surface area contributed by atoms with E-state index in [2.05, 4.69) is 9.97 Å². The van der Waals surface area contributed by atoms with E-state index in [1.54, 1.807) is 7.11 Å². The molecule has 0 N–H and O–H groups in total. The van der Waals surface area contributed by atoms with Gasteiger partial charge in [-0.2, -0.15) is 0 Å². The van der Waals surface area contributed by atoms with Crippen molar-refractivity contribution in [3.63, 3.8) is 0 Å². The first-order valence-electron chi connectivity index (χ1n) is 7.23. The van der Waals surface area contributed by atoms with E-state index in [9.17, 15) is 0 Å². The largest absolute Gasteiger partial charge is 0.438 e.